The van der Waals surface area contributed by atoms with Gasteiger partial charge < -0.3 is 19.3 Å². The zero-order chi connectivity index (χ0) is 14.0. The predicted molar refractivity (Wildman–Crippen MR) is 72.8 cm³/mol. The van der Waals surface area contributed by atoms with Crippen LogP contribution in [0.5, 0.6) is 0 Å². The van der Waals surface area contributed by atoms with Gasteiger partial charge in [0.05, 0.1) is 24.4 Å². The Labute approximate surface area is 112 Å². The van der Waals surface area contributed by atoms with Crippen molar-refractivity contribution in [2.24, 2.45) is 0 Å². The van der Waals surface area contributed by atoms with Crippen molar-refractivity contribution in [2.45, 2.75) is 70.9 Å². The molecule has 0 aromatic heterocycles. The number of aliphatic hydroxyl groups excluding tert-OH is 1. The van der Waals surface area contributed by atoms with Gasteiger partial charge in [-0.3, -0.25) is 0 Å². The molecule has 1 N–H and O–H groups in total. The van der Waals surface area contributed by atoms with E-state index in [2.05, 4.69) is 13.8 Å². The Hall–Kier alpha value is -0.160. The lowest BCUT2D eigenvalue weighted by Gasteiger charge is -2.21. The van der Waals surface area contributed by atoms with Gasteiger partial charge in [-0.25, -0.2) is 0 Å². The van der Waals surface area contributed by atoms with Crippen molar-refractivity contribution in [1.82, 2.24) is 0 Å². The zero-order valence-corrected chi connectivity index (χ0v) is 12.5. The average Bonchev–Trinajstić information content (AvgIpc) is 2.34. The van der Waals surface area contributed by atoms with E-state index in [1.165, 1.54) is 0 Å². The van der Waals surface area contributed by atoms with Crippen LogP contribution in [0.15, 0.2) is 0 Å². The highest BCUT2D eigenvalue weighted by molar-refractivity contribution is 4.64. The van der Waals surface area contributed by atoms with E-state index in [0.29, 0.717) is 13.0 Å². The molecule has 0 amide bonds. The van der Waals surface area contributed by atoms with Gasteiger partial charge in [0.1, 0.15) is 0 Å². The van der Waals surface area contributed by atoms with E-state index in [4.69, 9.17) is 14.2 Å². The fraction of sp³-hybridized carbons (Fsp3) is 1.00. The van der Waals surface area contributed by atoms with Crippen molar-refractivity contribution < 1.29 is 19.3 Å². The normalized spacial score (nSPS) is 18.3. The maximum Gasteiger partial charge on any atom is 0.0617 e. The third kappa shape index (κ3) is 8.86. The Morgan fingerprint density at radius 1 is 1.00 bits per heavy atom. The van der Waals surface area contributed by atoms with E-state index >= 15 is 0 Å². The molecule has 18 heavy (non-hydrogen) atoms. The highest BCUT2D eigenvalue weighted by Crippen LogP contribution is 2.11. The quantitative estimate of drug-likeness (QED) is 0.621. The minimum atomic E-state index is -0.328. The maximum atomic E-state index is 9.31. The van der Waals surface area contributed by atoms with Crippen LogP contribution in [0.1, 0.15) is 46.5 Å². The third-order valence-electron chi connectivity index (χ3n) is 3.16. The Kier molecular flexibility index (Phi) is 10.6. The molecule has 0 saturated heterocycles. The highest BCUT2D eigenvalue weighted by atomic mass is 16.5. The summed E-state index contributed by atoms with van der Waals surface area (Å²) in [7, 11) is 3.42. The highest BCUT2D eigenvalue weighted by Gasteiger charge is 2.14. The molecule has 4 nitrogen and oxygen atoms in total. The lowest BCUT2D eigenvalue weighted by atomic mass is 10.1. The second-order valence-corrected chi connectivity index (χ2v) is 4.91. The Balaban J connectivity index is 3.74. The number of rotatable bonds is 11. The second kappa shape index (κ2) is 10.7. The molecule has 4 heteroatoms. The molecule has 0 aliphatic rings. The lowest BCUT2D eigenvalue weighted by Crippen LogP contribution is -2.23. The van der Waals surface area contributed by atoms with Crippen molar-refractivity contribution >= 4 is 0 Å². The molecule has 0 aromatic carbocycles. The van der Waals surface area contributed by atoms with Crippen molar-refractivity contribution in [2.75, 3.05) is 20.8 Å². The number of aliphatic hydroxyl groups is 1. The minimum Gasteiger partial charge on any atom is -0.393 e. The van der Waals surface area contributed by atoms with Crippen molar-refractivity contribution in [3.05, 3.63) is 0 Å². The molecule has 0 rings (SSSR count). The molecule has 0 bridgehead atoms. The molecule has 0 aliphatic heterocycles. The van der Waals surface area contributed by atoms with Gasteiger partial charge in [0.15, 0.2) is 0 Å². The summed E-state index contributed by atoms with van der Waals surface area (Å²) in [6.07, 6.45) is 3.61. The van der Waals surface area contributed by atoms with Gasteiger partial charge in [-0.05, 0) is 39.5 Å². The average molecular weight is 262 g/mol. The fourth-order valence-corrected chi connectivity index (χ4v) is 1.98. The van der Waals surface area contributed by atoms with Crippen LogP contribution < -0.4 is 0 Å². The second-order valence-electron chi connectivity index (χ2n) is 4.91. The summed E-state index contributed by atoms with van der Waals surface area (Å²) in [5.41, 5.74) is 0. The van der Waals surface area contributed by atoms with Gasteiger partial charge in [-0.15, -0.1) is 0 Å². The van der Waals surface area contributed by atoms with E-state index in [1.54, 1.807) is 21.1 Å². The summed E-state index contributed by atoms with van der Waals surface area (Å²) in [4.78, 5) is 0. The lowest BCUT2D eigenvalue weighted by molar-refractivity contribution is -0.0174. The van der Waals surface area contributed by atoms with Crippen LogP contribution in [0, 0.1) is 0 Å². The van der Waals surface area contributed by atoms with Crippen LogP contribution in [-0.2, 0) is 14.2 Å². The first-order chi connectivity index (χ1) is 8.53. The number of methoxy groups -OCH3 is 2. The molecule has 0 spiro atoms. The summed E-state index contributed by atoms with van der Waals surface area (Å²) in [6.45, 7) is 6.62. The summed E-state index contributed by atoms with van der Waals surface area (Å²) < 4.78 is 16.4. The van der Waals surface area contributed by atoms with Crippen molar-refractivity contribution in [3.8, 4) is 0 Å². The van der Waals surface area contributed by atoms with Gasteiger partial charge in [-0.2, -0.15) is 0 Å². The van der Waals surface area contributed by atoms with Gasteiger partial charge in [0.2, 0.25) is 0 Å². The SMILES string of the molecule is CCC(CC(C)OCCC(CC(C)O)OC)OC. The summed E-state index contributed by atoms with van der Waals surface area (Å²) in [5.74, 6) is 0. The first-order valence-corrected chi connectivity index (χ1v) is 6.88. The first kappa shape index (κ1) is 17.8. The molecular formula is C14H30O4. The van der Waals surface area contributed by atoms with E-state index in [0.717, 1.165) is 19.3 Å². The fourth-order valence-electron chi connectivity index (χ4n) is 1.98. The molecule has 4 atom stereocenters. The van der Waals surface area contributed by atoms with Crippen LogP contribution in [0.4, 0.5) is 0 Å². The van der Waals surface area contributed by atoms with Crippen molar-refractivity contribution in [3.63, 3.8) is 0 Å². The Morgan fingerprint density at radius 3 is 2.06 bits per heavy atom. The van der Waals surface area contributed by atoms with Crippen LogP contribution >= 0.6 is 0 Å². The summed E-state index contributed by atoms with van der Waals surface area (Å²) in [5, 5.41) is 9.31. The Morgan fingerprint density at radius 2 is 1.61 bits per heavy atom. The van der Waals surface area contributed by atoms with Crippen LogP contribution in [0.25, 0.3) is 0 Å². The van der Waals surface area contributed by atoms with Crippen LogP contribution in [-0.4, -0.2) is 50.3 Å². The van der Waals surface area contributed by atoms with Crippen LogP contribution in [0.2, 0.25) is 0 Å². The molecule has 0 aromatic rings. The minimum absolute atomic E-state index is 0.0709. The van der Waals surface area contributed by atoms with E-state index in [1.807, 2.05) is 0 Å². The number of ether oxygens (including phenoxy) is 3. The molecule has 4 unspecified atom stereocenters. The van der Waals surface area contributed by atoms with Gasteiger partial charge in [0.25, 0.3) is 0 Å². The van der Waals surface area contributed by atoms with Gasteiger partial charge >= 0.3 is 0 Å². The number of hydrogen-bond donors (Lipinski definition) is 1. The molecule has 0 aliphatic carbocycles. The molecule has 110 valence electrons. The van der Waals surface area contributed by atoms with E-state index in [-0.39, 0.29) is 24.4 Å². The molecule has 0 radical (unpaired) electrons. The summed E-state index contributed by atoms with van der Waals surface area (Å²) >= 11 is 0. The molecule has 0 fully saturated rings. The molecule has 0 heterocycles. The topological polar surface area (TPSA) is 47.9 Å². The van der Waals surface area contributed by atoms with E-state index < -0.39 is 0 Å². The largest absolute Gasteiger partial charge is 0.393 e. The number of hydrogen-bond acceptors (Lipinski definition) is 4. The van der Waals surface area contributed by atoms with Crippen molar-refractivity contribution in [1.29, 1.82) is 0 Å². The molecule has 0 saturated carbocycles. The van der Waals surface area contributed by atoms with Crippen LogP contribution in [0.3, 0.4) is 0 Å². The van der Waals surface area contributed by atoms with Gasteiger partial charge in [-0.1, -0.05) is 6.92 Å². The predicted octanol–water partition coefficient (Wildman–Crippen LogP) is 2.38. The van der Waals surface area contributed by atoms with Gasteiger partial charge in [0, 0.05) is 20.8 Å². The third-order valence-corrected chi connectivity index (χ3v) is 3.16. The maximum absolute atomic E-state index is 9.31. The smallest absolute Gasteiger partial charge is 0.0617 e. The summed E-state index contributed by atoms with van der Waals surface area (Å²) in [6, 6.07) is 0. The zero-order valence-electron chi connectivity index (χ0n) is 12.5. The molecular weight excluding hydrogens is 232 g/mol. The first-order valence-electron chi connectivity index (χ1n) is 6.88. The van der Waals surface area contributed by atoms with E-state index in [9.17, 15) is 5.11 Å². The Bertz CT molecular complexity index is 181. The monoisotopic (exact) mass is 262 g/mol. The standard InChI is InChI=1S/C14H30O4/c1-6-13(16-4)10-12(3)18-8-7-14(17-5)9-11(2)15/h11-15H,6-10H2,1-5H3.